The molecule has 0 saturated carbocycles. The van der Waals surface area contributed by atoms with Crippen molar-refractivity contribution in [2.75, 3.05) is 19.6 Å². The number of carboxylic acids is 1. The minimum atomic E-state index is -4.36. The first-order valence-corrected chi connectivity index (χ1v) is 14.1. The van der Waals surface area contributed by atoms with E-state index in [4.69, 9.17) is 0 Å². The molecule has 228 valence electrons. The number of rotatable bonds is 7. The Kier molecular flexibility index (Phi) is 8.98. The lowest BCUT2D eigenvalue weighted by atomic mass is 9.93. The number of allylic oxidation sites excluding steroid dienone is 2. The van der Waals surface area contributed by atoms with Crippen molar-refractivity contribution in [3.63, 3.8) is 0 Å². The van der Waals surface area contributed by atoms with Crippen LogP contribution in [0.3, 0.4) is 0 Å². The minimum Gasteiger partial charge on any atom is -0.478 e. The SMILES string of the molecule is N#Cc1ccccc1C1=CC=C(C(=O)O)C(NC(=O)c2ccc(-c3ccccc3C#N)nc2)N1C1CCN(CC(F)(F)F)CC1. The number of carboxylic acid groups (broad SMARTS) is 1. The summed E-state index contributed by atoms with van der Waals surface area (Å²) >= 11 is 0. The Hall–Kier alpha value is -5.46. The predicted molar refractivity (Wildman–Crippen MR) is 158 cm³/mol. The second kappa shape index (κ2) is 13.0. The van der Waals surface area contributed by atoms with E-state index in [9.17, 15) is 38.4 Å². The van der Waals surface area contributed by atoms with Gasteiger partial charge >= 0.3 is 12.1 Å². The van der Waals surface area contributed by atoms with Crippen LogP contribution in [0, 0.1) is 22.7 Å². The molecule has 2 aliphatic rings. The molecule has 12 heteroatoms. The van der Waals surface area contributed by atoms with Crippen molar-refractivity contribution in [3.05, 3.63) is 107 Å². The average molecular weight is 613 g/mol. The van der Waals surface area contributed by atoms with Crippen LogP contribution in [-0.4, -0.2) is 69.8 Å². The molecular weight excluding hydrogens is 585 g/mol. The highest BCUT2D eigenvalue weighted by Gasteiger charge is 2.40. The number of hydrogen-bond donors (Lipinski definition) is 2. The first-order valence-electron chi connectivity index (χ1n) is 14.1. The molecule has 2 N–H and O–H groups in total. The third-order valence-electron chi connectivity index (χ3n) is 7.81. The summed E-state index contributed by atoms with van der Waals surface area (Å²) in [6, 6.07) is 20.5. The third-order valence-corrected chi connectivity index (χ3v) is 7.81. The molecule has 3 aromatic rings. The van der Waals surface area contributed by atoms with E-state index in [1.807, 2.05) is 0 Å². The third kappa shape index (κ3) is 6.87. The first-order chi connectivity index (χ1) is 21.6. The summed E-state index contributed by atoms with van der Waals surface area (Å²) in [5, 5.41) is 32.2. The molecule has 5 rings (SSSR count). The van der Waals surface area contributed by atoms with Crippen LogP contribution in [0.25, 0.3) is 17.0 Å². The molecule has 1 unspecified atom stereocenters. The van der Waals surface area contributed by atoms with Crippen molar-refractivity contribution in [1.82, 2.24) is 20.1 Å². The zero-order valence-corrected chi connectivity index (χ0v) is 23.8. The highest BCUT2D eigenvalue weighted by molar-refractivity contribution is 5.97. The zero-order valence-electron chi connectivity index (χ0n) is 23.8. The molecule has 1 saturated heterocycles. The van der Waals surface area contributed by atoms with Gasteiger partial charge < -0.3 is 15.3 Å². The molecule has 1 aromatic heterocycles. The quantitative estimate of drug-likeness (QED) is 0.383. The Morgan fingerprint density at radius 1 is 0.933 bits per heavy atom. The number of nitrogens with zero attached hydrogens (tertiary/aromatic N) is 5. The number of piperidine rings is 1. The lowest BCUT2D eigenvalue weighted by Gasteiger charge is -2.46. The normalized spacial score (nSPS) is 17.4. The van der Waals surface area contributed by atoms with E-state index < -0.39 is 36.8 Å². The fourth-order valence-electron chi connectivity index (χ4n) is 5.72. The van der Waals surface area contributed by atoms with Crippen LogP contribution >= 0.6 is 0 Å². The van der Waals surface area contributed by atoms with Crippen molar-refractivity contribution in [1.29, 1.82) is 10.5 Å². The summed E-state index contributed by atoms with van der Waals surface area (Å²) < 4.78 is 39.3. The lowest BCUT2D eigenvalue weighted by molar-refractivity contribution is -0.149. The Labute approximate surface area is 257 Å². The minimum absolute atomic E-state index is 0.107. The fourth-order valence-corrected chi connectivity index (χ4v) is 5.72. The molecule has 1 fully saturated rings. The number of aromatic nitrogens is 1. The molecule has 0 radical (unpaired) electrons. The molecular formula is C33H27F3N6O3. The molecule has 2 aliphatic heterocycles. The number of likely N-dealkylation sites (tertiary alicyclic amines) is 1. The van der Waals surface area contributed by atoms with Crippen LogP contribution in [0.2, 0.25) is 0 Å². The van der Waals surface area contributed by atoms with Crippen LogP contribution in [-0.2, 0) is 4.79 Å². The van der Waals surface area contributed by atoms with E-state index in [2.05, 4.69) is 22.4 Å². The van der Waals surface area contributed by atoms with E-state index in [-0.39, 0.29) is 37.1 Å². The Morgan fingerprint density at radius 3 is 2.13 bits per heavy atom. The maximum absolute atomic E-state index is 13.6. The van der Waals surface area contributed by atoms with Gasteiger partial charge in [0.25, 0.3) is 5.91 Å². The Balaban J connectivity index is 1.48. The highest BCUT2D eigenvalue weighted by atomic mass is 19.4. The molecule has 3 heterocycles. The van der Waals surface area contributed by atoms with Gasteiger partial charge in [0, 0.05) is 42.2 Å². The van der Waals surface area contributed by atoms with Crippen molar-refractivity contribution in [2.24, 2.45) is 0 Å². The molecule has 2 aromatic carbocycles. The van der Waals surface area contributed by atoms with Gasteiger partial charge in [0.1, 0.15) is 6.17 Å². The summed E-state index contributed by atoms with van der Waals surface area (Å²) in [6.07, 6.45) is -0.788. The number of nitriles is 2. The fraction of sp³-hybridized carbons (Fsp3) is 0.242. The standard InChI is InChI=1S/C33H27F3N6O3/c34-33(35,36)20-41-15-13-24(14-16-41)42-29(26-8-4-2-6-22(26)18-38)12-10-27(32(44)45)30(42)40-31(43)23-9-11-28(39-19-23)25-7-3-1-5-21(25)17-37/h1-12,19,24,30H,13-16,20H2,(H,40,43)(H,44,45). The second-order valence-corrected chi connectivity index (χ2v) is 10.6. The van der Waals surface area contributed by atoms with Gasteiger partial charge in [-0.3, -0.25) is 14.7 Å². The van der Waals surface area contributed by atoms with E-state index in [0.29, 0.717) is 33.6 Å². The number of hydrogen-bond acceptors (Lipinski definition) is 7. The number of alkyl halides is 3. The topological polar surface area (TPSA) is 133 Å². The predicted octanol–water partition coefficient (Wildman–Crippen LogP) is 4.94. The highest BCUT2D eigenvalue weighted by Crippen LogP contribution is 2.36. The number of pyridine rings is 1. The van der Waals surface area contributed by atoms with Gasteiger partial charge in [0.15, 0.2) is 0 Å². The maximum Gasteiger partial charge on any atom is 0.401 e. The van der Waals surface area contributed by atoms with Crippen molar-refractivity contribution < 1.29 is 27.9 Å². The smallest absolute Gasteiger partial charge is 0.401 e. The summed E-state index contributed by atoms with van der Waals surface area (Å²) in [5.41, 5.74) is 2.74. The van der Waals surface area contributed by atoms with Gasteiger partial charge in [-0.15, -0.1) is 0 Å². The molecule has 9 nitrogen and oxygen atoms in total. The van der Waals surface area contributed by atoms with Gasteiger partial charge in [-0.1, -0.05) is 36.4 Å². The number of carbonyl (C=O) groups is 2. The molecule has 0 spiro atoms. The van der Waals surface area contributed by atoms with Gasteiger partial charge in [0.05, 0.1) is 46.6 Å². The van der Waals surface area contributed by atoms with Crippen molar-refractivity contribution in [3.8, 4) is 23.4 Å². The lowest BCUT2D eigenvalue weighted by Crippen LogP contribution is -2.57. The van der Waals surface area contributed by atoms with Crippen LogP contribution in [0.5, 0.6) is 0 Å². The Bertz CT molecular complexity index is 1750. The van der Waals surface area contributed by atoms with Gasteiger partial charge in [-0.25, -0.2) is 4.79 Å². The monoisotopic (exact) mass is 612 g/mol. The molecule has 1 atom stereocenters. The zero-order chi connectivity index (χ0) is 32.1. The number of carbonyl (C=O) groups excluding carboxylic acids is 1. The molecule has 0 aliphatic carbocycles. The summed E-state index contributed by atoms with van der Waals surface area (Å²) in [6.45, 7) is -0.839. The second-order valence-electron chi connectivity index (χ2n) is 10.6. The number of amides is 1. The van der Waals surface area contributed by atoms with E-state index in [0.717, 1.165) is 0 Å². The molecule has 1 amide bonds. The van der Waals surface area contributed by atoms with Crippen LogP contribution in [0.15, 0.2) is 84.6 Å². The summed E-state index contributed by atoms with van der Waals surface area (Å²) in [5.74, 6) is -1.92. The van der Waals surface area contributed by atoms with E-state index in [1.165, 1.54) is 23.2 Å². The van der Waals surface area contributed by atoms with Crippen molar-refractivity contribution in [2.45, 2.75) is 31.2 Å². The van der Waals surface area contributed by atoms with E-state index in [1.54, 1.807) is 65.6 Å². The molecule has 0 bridgehead atoms. The summed E-state index contributed by atoms with van der Waals surface area (Å²) in [7, 11) is 0. The number of halogens is 3. The molecule has 45 heavy (non-hydrogen) atoms. The van der Waals surface area contributed by atoms with Crippen LogP contribution < -0.4 is 5.32 Å². The largest absolute Gasteiger partial charge is 0.478 e. The van der Waals surface area contributed by atoms with Gasteiger partial charge in [-0.05, 0) is 49.3 Å². The number of aliphatic carboxylic acids is 1. The van der Waals surface area contributed by atoms with Crippen LogP contribution in [0.1, 0.15) is 39.9 Å². The average Bonchev–Trinajstić information content (AvgIpc) is 3.04. The van der Waals surface area contributed by atoms with Gasteiger partial charge in [0.2, 0.25) is 0 Å². The first kappa shape index (κ1) is 31.0. The van der Waals surface area contributed by atoms with Crippen molar-refractivity contribution >= 4 is 17.6 Å². The summed E-state index contributed by atoms with van der Waals surface area (Å²) in [4.78, 5) is 33.4. The van der Waals surface area contributed by atoms with E-state index >= 15 is 0 Å². The Morgan fingerprint density at radius 2 is 1.56 bits per heavy atom. The number of benzene rings is 2. The van der Waals surface area contributed by atoms with Crippen LogP contribution in [0.4, 0.5) is 13.2 Å². The number of nitrogens with one attached hydrogen (secondary N) is 1. The maximum atomic E-state index is 13.6. The van der Waals surface area contributed by atoms with Gasteiger partial charge in [-0.2, -0.15) is 23.7 Å².